The number of piperidine rings is 3. The van der Waals surface area contributed by atoms with E-state index >= 15 is 0 Å². The first-order valence-corrected chi connectivity index (χ1v) is 20.0. The van der Waals surface area contributed by atoms with Gasteiger partial charge in [0.2, 0.25) is 5.56 Å². The fourth-order valence-electron chi connectivity index (χ4n) is 7.88. The lowest BCUT2D eigenvalue weighted by Crippen LogP contribution is -2.52. The third kappa shape index (κ3) is 10.4. The second-order valence-electron chi connectivity index (χ2n) is 15.2. The van der Waals surface area contributed by atoms with Crippen molar-refractivity contribution in [3.05, 3.63) is 141 Å². The van der Waals surface area contributed by atoms with E-state index in [0.29, 0.717) is 47.6 Å². The molecule has 0 aliphatic carbocycles. The van der Waals surface area contributed by atoms with Crippen LogP contribution >= 0.6 is 0 Å². The molecule has 0 spiro atoms. The lowest BCUT2D eigenvalue weighted by Gasteiger charge is -2.43. The van der Waals surface area contributed by atoms with Crippen molar-refractivity contribution in [2.75, 3.05) is 39.3 Å². The molecule has 15 heteroatoms. The molecular formula is C45H47F3N4O8. The van der Waals surface area contributed by atoms with E-state index in [0.717, 1.165) is 50.2 Å². The monoisotopic (exact) mass is 828 g/mol. The summed E-state index contributed by atoms with van der Waals surface area (Å²) in [7, 11) is 0. The summed E-state index contributed by atoms with van der Waals surface area (Å²) < 4.78 is 59.8. The van der Waals surface area contributed by atoms with Gasteiger partial charge in [0, 0.05) is 24.5 Å². The Morgan fingerprint density at radius 3 is 2.45 bits per heavy atom. The third-order valence-corrected chi connectivity index (χ3v) is 11.0. The van der Waals surface area contributed by atoms with Crippen LogP contribution in [-0.2, 0) is 22.3 Å². The predicted molar refractivity (Wildman–Crippen MR) is 217 cm³/mol. The van der Waals surface area contributed by atoms with Crippen LogP contribution in [0.25, 0.3) is 10.9 Å². The van der Waals surface area contributed by atoms with Gasteiger partial charge in [-0.25, -0.2) is 9.59 Å². The minimum Gasteiger partial charge on any atom is -0.506 e. The Labute approximate surface area is 344 Å². The average molecular weight is 829 g/mol. The number of hydrogen-bond acceptors (Lipinski definition) is 10. The Kier molecular flexibility index (Phi) is 13.4. The molecule has 3 saturated heterocycles. The number of aromatic nitrogens is 1. The van der Waals surface area contributed by atoms with Gasteiger partial charge in [-0.05, 0) is 110 Å². The molecule has 1 amide bonds. The van der Waals surface area contributed by atoms with E-state index in [1.165, 1.54) is 24.3 Å². The van der Waals surface area contributed by atoms with Crippen LogP contribution in [0.5, 0.6) is 11.5 Å². The number of benzene rings is 4. The van der Waals surface area contributed by atoms with Gasteiger partial charge < -0.3 is 40.0 Å². The molecule has 3 aliphatic rings. The van der Waals surface area contributed by atoms with E-state index in [2.05, 4.69) is 20.5 Å². The summed E-state index contributed by atoms with van der Waals surface area (Å²) in [5.74, 6) is -0.507. The van der Waals surface area contributed by atoms with Gasteiger partial charge in [0.1, 0.15) is 24.2 Å². The van der Waals surface area contributed by atoms with Crippen LogP contribution in [0.15, 0.2) is 102 Å². The Bertz CT molecular complexity index is 2330. The van der Waals surface area contributed by atoms with Gasteiger partial charge in [0.25, 0.3) is 0 Å². The van der Waals surface area contributed by atoms with E-state index in [1.54, 1.807) is 24.3 Å². The van der Waals surface area contributed by atoms with Gasteiger partial charge in [-0.15, -0.1) is 0 Å². The number of aliphatic hydroxyl groups is 1. The van der Waals surface area contributed by atoms with Crippen molar-refractivity contribution in [2.24, 2.45) is 5.92 Å². The summed E-state index contributed by atoms with van der Waals surface area (Å²) in [6, 6.07) is 24.9. The van der Waals surface area contributed by atoms with Crippen molar-refractivity contribution in [1.82, 2.24) is 20.5 Å². The zero-order valence-corrected chi connectivity index (χ0v) is 32.8. The molecule has 4 heterocycles. The number of rotatable bonds is 16. The van der Waals surface area contributed by atoms with E-state index in [9.17, 15) is 37.8 Å². The molecule has 3 fully saturated rings. The molecule has 8 rings (SSSR count). The quantitative estimate of drug-likeness (QED) is 0.0517. The third-order valence-electron chi connectivity index (χ3n) is 11.0. The topological polar surface area (TPSA) is 162 Å². The highest BCUT2D eigenvalue weighted by molar-refractivity contribution is 5.91. The van der Waals surface area contributed by atoms with Crippen molar-refractivity contribution in [3.8, 4) is 11.5 Å². The second-order valence-corrected chi connectivity index (χ2v) is 15.2. The standard InChI is InChI=1S/C45H47F3N4O8/c46-45(47,48)36-23-28(11-12-35(36)43(56)58-22-5-4-19-49-25-38(54)33-13-15-37(53)42-34(33)14-16-40(55)50-42)27-59-32-10-6-9-31(24-32)41(30-7-2-1-3-8-30)51-44(57)60-39-26-52-20-17-29(39)18-21-52/h1-3,6-16,23-24,29,38-39,41,49,53-54H,4-5,17-22,25-27H2,(H,50,55)(H,51,57)/t38-,39+,41?/m1/s1. The predicted octanol–water partition coefficient (Wildman–Crippen LogP) is 7.00. The molecular weight excluding hydrogens is 782 g/mol. The Hall–Kier alpha value is -5.90. The van der Waals surface area contributed by atoms with Crippen molar-refractivity contribution in [2.45, 2.75) is 56.7 Å². The Balaban J connectivity index is 0.911. The smallest absolute Gasteiger partial charge is 0.417 e. The molecule has 3 aliphatic heterocycles. The molecule has 1 unspecified atom stereocenters. The molecule has 12 nitrogen and oxygen atoms in total. The van der Waals surface area contributed by atoms with Crippen LogP contribution in [0, 0.1) is 5.92 Å². The summed E-state index contributed by atoms with van der Waals surface area (Å²) >= 11 is 0. The van der Waals surface area contributed by atoms with Gasteiger partial charge in [-0.3, -0.25) is 9.69 Å². The molecule has 316 valence electrons. The number of aliphatic hydroxyl groups excluding tert-OH is 1. The van der Waals surface area contributed by atoms with E-state index in [4.69, 9.17) is 14.2 Å². The number of esters is 1. The maximum absolute atomic E-state index is 14.2. The Morgan fingerprint density at radius 1 is 0.917 bits per heavy atom. The minimum atomic E-state index is -4.84. The van der Waals surface area contributed by atoms with Crippen LogP contribution in [0.2, 0.25) is 0 Å². The molecule has 4 aromatic carbocycles. The highest BCUT2D eigenvalue weighted by Gasteiger charge is 2.38. The highest BCUT2D eigenvalue weighted by atomic mass is 19.4. The number of aromatic amines is 1. The number of alkyl halides is 3. The van der Waals surface area contributed by atoms with Crippen LogP contribution < -0.4 is 20.9 Å². The molecule has 5 aromatic rings. The number of carbonyl (C=O) groups excluding carboxylic acids is 2. The first-order valence-electron chi connectivity index (χ1n) is 20.0. The average Bonchev–Trinajstić information content (AvgIpc) is 3.25. The van der Waals surface area contributed by atoms with E-state index < -0.39 is 41.5 Å². The number of carbonyl (C=O) groups is 2. The number of alkyl carbamates (subject to hydrolysis) is 1. The van der Waals surface area contributed by atoms with Crippen molar-refractivity contribution in [3.63, 3.8) is 0 Å². The Morgan fingerprint density at radius 2 is 1.70 bits per heavy atom. The van der Waals surface area contributed by atoms with Crippen LogP contribution in [0.3, 0.4) is 0 Å². The highest BCUT2D eigenvalue weighted by Crippen LogP contribution is 2.35. The summed E-state index contributed by atoms with van der Waals surface area (Å²) in [6.45, 7) is 2.99. The molecule has 0 radical (unpaired) electrons. The second kappa shape index (κ2) is 19.0. The summed E-state index contributed by atoms with van der Waals surface area (Å²) in [5.41, 5.74) is 0.276. The first-order chi connectivity index (χ1) is 28.9. The normalized spacial score (nSPS) is 18.4. The van der Waals surface area contributed by atoms with Crippen molar-refractivity contribution >= 4 is 23.0 Å². The zero-order valence-electron chi connectivity index (χ0n) is 32.8. The van der Waals surface area contributed by atoms with Crippen molar-refractivity contribution < 1.29 is 47.2 Å². The van der Waals surface area contributed by atoms with Crippen molar-refractivity contribution in [1.29, 1.82) is 0 Å². The molecule has 3 atom stereocenters. The molecule has 2 bridgehead atoms. The molecule has 5 N–H and O–H groups in total. The lowest BCUT2D eigenvalue weighted by atomic mass is 9.86. The molecule has 1 aromatic heterocycles. The number of phenolic OH excluding ortho intramolecular Hbond substituents is 1. The van der Waals surface area contributed by atoms with Crippen LogP contribution in [-0.4, -0.2) is 77.6 Å². The number of fused-ring (bicyclic) bond motifs is 4. The van der Waals surface area contributed by atoms with Crippen LogP contribution in [0.1, 0.15) is 76.0 Å². The number of aromatic hydroxyl groups is 1. The SMILES string of the molecule is O=C(NC(c1ccccc1)c1cccc(OCc2ccc(C(=O)OCCCCNC[C@@H](O)c3ccc(O)c4[nH]c(=O)ccc34)c(C(F)(F)F)c2)c1)O[C@H]1CN2CCC1CC2. The number of unbranched alkanes of at least 4 members (excludes halogenated alkanes) is 1. The fourth-order valence-corrected chi connectivity index (χ4v) is 7.88. The number of phenols is 1. The number of amides is 1. The largest absolute Gasteiger partial charge is 0.506 e. The van der Waals surface area contributed by atoms with Gasteiger partial charge in [0.15, 0.2) is 0 Å². The maximum atomic E-state index is 14.2. The maximum Gasteiger partial charge on any atom is 0.417 e. The molecule has 60 heavy (non-hydrogen) atoms. The fraction of sp³-hybridized carbons (Fsp3) is 0.356. The first kappa shape index (κ1) is 42.2. The number of ether oxygens (including phenoxy) is 3. The number of nitrogens with zero attached hydrogens (tertiary/aromatic N) is 1. The van der Waals surface area contributed by atoms with Crippen LogP contribution in [0.4, 0.5) is 18.0 Å². The zero-order chi connectivity index (χ0) is 42.2. The van der Waals surface area contributed by atoms with Gasteiger partial charge in [-0.1, -0.05) is 54.6 Å². The van der Waals surface area contributed by atoms with Gasteiger partial charge >= 0.3 is 18.2 Å². The number of pyridine rings is 1. The number of hydrogen-bond donors (Lipinski definition) is 5. The summed E-state index contributed by atoms with van der Waals surface area (Å²) in [5, 5.41) is 27.4. The lowest BCUT2D eigenvalue weighted by molar-refractivity contribution is -0.138. The summed E-state index contributed by atoms with van der Waals surface area (Å²) in [4.78, 5) is 42.6. The number of halogens is 3. The number of nitrogens with one attached hydrogen (secondary N) is 3. The molecule has 0 saturated carbocycles. The minimum absolute atomic E-state index is 0.117. The summed E-state index contributed by atoms with van der Waals surface area (Å²) in [6.07, 6.45) is -3.65. The van der Waals surface area contributed by atoms with E-state index in [-0.39, 0.29) is 48.3 Å². The van der Waals surface area contributed by atoms with E-state index in [1.807, 2.05) is 36.4 Å². The van der Waals surface area contributed by atoms with Gasteiger partial charge in [0.05, 0.1) is 35.4 Å². The van der Waals surface area contributed by atoms with Gasteiger partial charge in [-0.2, -0.15) is 13.2 Å². The number of H-pyrrole nitrogens is 1.